The van der Waals surface area contributed by atoms with Crippen LogP contribution in [-0.4, -0.2) is 32.8 Å². The summed E-state index contributed by atoms with van der Waals surface area (Å²) in [6.45, 7) is -0.0658. The van der Waals surface area contributed by atoms with Gasteiger partial charge in [0.25, 0.3) is 0 Å². The molecule has 1 aliphatic heterocycles. The lowest BCUT2D eigenvalue weighted by molar-refractivity contribution is -0.402. The second-order valence-corrected chi connectivity index (χ2v) is 3.91. The number of carbonyl (C=O) groups excluding carboxylic acids is 1. The topological polar surface area (TPSA) is 114 Å². The number of carbonyl (C=O) groups is 2. The van der Waals surface area contributed by atoms with Crippen molar-refractivity contribution in [2.75, 3.05) is 0 Å². The van der Waals surface area contributed by atoms with Crippen molar-refractivity contribution < 1.29 is 24.0 Å². The first-order chi connectivity index (χ1) is 8.49. The molecule has 1 aromatic heterocycles. The Bertz CT molecular complexity index is 508. The summed E-state index contributed by atoms with van der Waals surface area (Å²) in [7, 11) is 0. The van der Waals surface area contributed by atoms with Gasteiger partial charge in [0.15, 0.2) is 0 Å². The highest BCUT2D eigenvalue weighted by Crippen LogP contribution is 2.24. The standard InChI is InChI=1S/C10H10N2O6/c13-8-3-2-7(10(14)15)11(8)5-6-1-4-9(18-6)12(16)17/h1,4,7H,2-3,5H2,(H,14,15). The highest BCUT2D eigenvalue weighted by Gasteiger charge is 2.36. The van der Waals surface area contributed by atoms with Crippen molar-refractivity contribution in [2.45, 2.75) is 25.4 Å². The Morgan fingerprint density at radius 3 is 2.89 bits per heavy atom. The maximum absolute atomic E-state index is 11.5. The number of furan rings is 1. The largest absolute Gasteiger partial charge is 0.480 e. The van der Waals surface area contributed by atoms with Crippen molar-refractivity contribution in [1.29, 1.82) is 0 Å². The molecule has 0 saturated carbocycles. The van der Waals surface area contributed by atoms with E-state index in [0.717, 1.165) is 4.90 Å². The van der Waals surface area contributed by atoms with Gasteiger partial charge in [-0.15, -0.1) is 0 Å². The van der Waals surface area contributed by atoms with Gasteiger partial charge in [-0.3, -0.25) is 14.9 Å². The highest BCUT2D eigenvalue weighted by molar-refractivity contribution is 5.87. The number of likely N-dealkylation sites (tertiary alicyclic amines) is 1. The summed E-state index contributed by atoms with van der Waals surface area (Å²) < 4.78 is 4.90. The molecule has 8 heteroatoms. The molecule has 1 amide bonds. The van der Waals surface area contributed by atoms with Crippen molar-refractivity contribution in [3.05, 3.63) is 28.0 Å². The number of nitro groups is 1. The van der Waals surface area contributed by atoms with E-state index in [9.17, 15) is 19.7 Å². The Balaban J connectivity index is 2.13. The average molecular weight is 254 g/mol. The Kier molecular flexibility index (Phi) is 3.00. The molecule has 1 saturated heterocycles. The zero-order valence-electron chi connectivity index (χ0n) is 9.24. The quantitative estimate of drug-likeness (QED) is 0.626. The predicted octanol–water partition coefficient (Wildman–Crippen LogP) is 0.763. The molecule has 0 aliphatic carbocycles. The van der Waals surface area contributed by atoms with Crippen molar-refractivity contribution in [1.82, 2.24) is 4.90 Å². The third-order valence-corrected chi connectivity index (χ3v) is 2.77. The van der Waals surface area contributed by atoms with Crippen LogP contribution in [0.2, 0.25) is 0 Å². The Morgan fingerprint density at radius 1 is 1.61 bits per heavy atom. The molecule has 2 heterocycles. The second-order valence-electron chi connectivity index (χ2n) is 3.91. The first-order valence-electron chi connectivity index (χ1n) is 5.24. The van der Waals surface area contributed by atoms with E-state index in [1.165, 1.54) is 12.1 Å². The molecule has 1 aliphatic rings. The SMILES string of the molecule is O=C(O)C1CCC(=O)N1Cc1ccc([N+](=O)[O-])o1. The summed E-state index contributed by atoms with van der Waals surface area (Å²) >= 11 is 0. The minimum absolute atomic E-state index is 0.0658. The van der Waals surface area contributed by atoms with E-state index in [1.807, 2.05) is 0 Å². The molecule has 0 aromatic carbocycles. The Hall–Kier alpha value is -2.38. The number of amides is 1. The summed E-state index contributed by atoms with van der Waals surface area (Å²) in [6, 6.07) is 1.65. The Morgan fingerprint density at radius 2 is 2.33 bits per heavy atom. The number of nitrogens with zero attached hydrogens (tertiary/aromatic N) is 2. The van der Waals surface area contributed by atoms with Crippen LogP contribution in [0.1, 0.15) is 18.6 Å². The molecule has 0 radical (unpaired) electrons. The molecule has 96 valence electrons. The molecular weight excluding hydrogens is 244 g/mol. The average Bonchev–Trinajstić information content (AvgIpc) is 2.88. The van der Waals surface area contributed by atoms with Crippen LogP contribution in [0.3, 0.4) is 0 Å². The van der Waals surface area contributed by atoms with Crippen LogP contribution in [0, 0.1) is 10.1 Å². The molecule has 1 atom stereocenters. The van der Waals surface area contributed by atoms with Crippen LogP contribution >= 0.6 is 0 Å². The van der Waals surface area contributed by atoms with Crippen LogP contribution in [-0.2, 0) is 16.1 Å². The fourth-order valence-electron chi connectivity index (χ4n) is 1.91. The van der Waals surface area contributed by atoms with Gasteiger partial charge in [0.05, 0.1) is 12.6 Å². The van der Waals surface area contributed by atoms with Crippen molar-refractivity contribution >= 4 is 17.8 Å². The summed E-state index contributed by atoms with van der Waals surface area (Å²) in [5.41, 5.74) is 0. The number of aliphatic carboxylic acids is 1. The van der Waals surface area contributed by atoms with Gasteiger partial charge >= 0.3 is 11.9 Å². The fourth-order valence-corrected chi connectivity index (χ4v) is 1.91. The molecule has 8 nitrogen and oxygen atoms in total. The molecule has 2 rings (SSSR count). The number of rotatable bonds is 4. The number of hydrogen-bond donors (Lipinski definition) is 1. The van der Waals surface area contributed by atoms with Gasteiger partial charge in [0.2, 0.25) is 5.91 Å². The van der Waals surface area contributed by atoms with Crippen LogP contribution in [0.15, 0.2) is 16.5 Å². The van der Waals surface area contributed by atoms with E-state index in [4.69, 9.17) is 9.52 Å². The molecule has 0 spiro atoms. The molecule has 0 bridgehead atoms. The van der Waals surface area contributed by atoms with Crippen LogP contribution in [0.5, 0.6) is 0 Å². The van der Waals surface area contributed by atoms with Crippen molar-refractivity contribution in [2.24, 2.45) is 0 Å². The Labute approximate surface area is 101 Å². The maximum Gasteiger partial charge on any atom is 0.433 e. The van der Waals surface area contributed by atoms with Gasteiger partial charge in [0.1, 0.15) is 16.7 Å². The van der Waals surface area contributed by atoms with Gasteiger partial charge in [-0.25, -0.2) is 4.79 Å². The van der Waals surface area contributed by atoms with E-state index in [2.05, 4.69) is 0 Å². The van der Waals surface area contributed by atoms with E-state index in [0.29, 0.717) is 0 Å². The maximum atomic E-state index is 11.5. The number of carboxylic acids is 1. The van der Waals surface area contributed by atoms with Crippen molar-refractivity contribution in [3.63, 3.8) is 0 Å². The zero-order valence-corrected chi connectivity index (χ0v) is 9.24. The molecular formula is C10H10N2O6. The zero-order chi connectivity index (χ0) is 13.3. The second kappa shape index (κ2) is 4.47. The third-order valence-electron chi connectivity index (χ3n) is 2.77. The summed E-state index contributed by atoms with van der Waals surface area (Å²) in [4.78, 5) is 33.3. The first-order valence-corrected chi connectivity index (χ1v) is 5.24. The van der Waals surface area contributed by atoms with Gasteiger partial charge in [-0.05, 0) is 12.5 Å². The van der Waals surface area contributed by atoms with Gasteiger partial charge in [-0.2, -0.15) is 0 Å². The van der Waals surface area contributed by atoms with E-state index < -0.39 is 22.8 Å². The van der Waals surface area contributed by atoms with E-state index in [1.54, 1.807) is 0 Å². The van der Waals surface area contributed by atoms with Crippen molar-refractivity contribution in [3.8, 4) is 0 Å². The highest BCUT2D eigenvalue weighted by atomic mass is 16.6. The normalized spacial score (nSPS) is 19.2. The van der Waals surface area contributed by atoms with Gasteiger partial charge in [0, 0.05) is 6.42 Å². The van der Waals surface area contributed by atoms with E-state index in [-0.39, 0.29) is 31.1 Å². The van der Waals surface area contributed by atoms with E-state index >= 15 is 0 Å². The predicted molar refractivity (Wildman–Crippen MR) is 56.6 cm³/mol. The molecule has 1 N–H and O–H groups in total. The van der Waals surface area contributed by atoms with Gasteiger partial charge < -0.3 is 14.4 Å². The third kappa shape index (κ3) is 2.17. The monoisotopic (exact) mass is 254 g/mol. The first kappa shape index (κ1) is 12.1. The lowest BCUT2D eigenvalue weighted by Crippen LogP contribution is -2.37. The molecule has 1 fully saturated rings. The number of hydrogen-bond acceptors (Lipinski definition) is 5. The fraction of sp³-hybridized carbons (Fsp3) is 0.400. The van der Waals surface area contributed by atoms with Crippen LogP contribution in [0.25, 0.3) is 0 Å². The minimum atomic E-state index is -1.08. The van der Waals surface area contributed by atoms with Gasteiger partial charge in [-0.1, -0.05) is 0 Å². The lowest BCUT2D eigenvalue weighted by atomic mass is 10.2. The summed E-state index contributed by atoms with van der Waals surface area (Å²) in [5.74, 6) is -1.60. The molecule has 18 heavy (non-hydrogen) atoms. The smallest absolute Gasteiger partial charge is 0.433 e. The van der Waals surface area contributed by atoms with Crippen LogP contribution < -0.4 is 0 Å². The molecule has 1 aromatic rings. The van der Waals surface area contributed by atoms with Crippen LogP contribution in [0.4, 0.5) is 5.88 Å². The molecule has 1 unspecified atom stereocenters. The summed E-state index contributed by atoms with van der Waals surface area (Å²) in [5, 5.41) is 19.4. The minimum Gasteiger partial charge on any atom is -0.480 e. The summed E-state index contributed by atoms with van der Waals surface area (Å²) in [6.07, 6.45) is 0.413. The number of carboxylic acid groups (broad SMARTS) is 1. The lowest BCUT2D eigenvalue weighted by Gasteiger charge is -2.19.